The number of aromatic nitrogens is 3. The van der Waals surface area contributed by atoms with Gasteiger partial charge in [-0.25, -0.2) is 17.7 Å². The maximum absolute atomic E-state index is 12.6. The zero-order chi connectivity index (χ0) is 15.7. The number of piperidine rings is 1. The molecule has 1 saturated heterocycles. The number of rotatable bonds is 3. The third kappa shape index (κ3) is 2.81. The van der Waals surface area contributed by atoms with E-state index >= 15 is 0 Å². The number of hydrogen-bond donors (Lipinski definition) is 1. The Morgan fingerprint density at radius 1 is 1.36 bits per heavy atom. The number of H-pyrrole nitrogens is 1. The van der Waals surface area contributed by atoms with Crippen LogP contribution < -0.4 is 10.6 Å². The van der Waals surface area contributed by atoms with Crippen LogP contribution in [-0.4, -0.2) is 36.2 Å². The van der Waals surface area contributed by atoms with E-state index in [0.29, 0.717) is 24.7 Å². The summed E-state index contributed by atoms with van der Waals surface area (Å²) in [6, 6.07) is 6.14. The first-order chi connectivity index (χ1) is 10.5. The summed E-state index contributed by atoms with van der Waals surface area (Å²) in [5.41, 5.74) is 0.511. The molecule has 118 valence electrons. The molecule has 1 N–H and O–H groups in total. The Morgan fingerprint density at radius 2 is 2.09 bits per heavy atom. The van der Waals surface area contributed by atoms with Crippen molar-refractivity contribution in [3.63, 3.8) is 0 Å². The van der Waals surface area contributed by atoms with Gasteiger partial charge in [-0.1, -0.05) is 12.0 Å². The van der Waals surface area contributed by atoms with Crippen LogP contribution in [0.25, 0.3) is 5.69 Å². The van der Waals surface area contributed by atoms with Gasteiger partial charge in [0.1, 0.15) is 0 Å². The van der Waals surface area contributed by atoms with Crippen molar-refractivity contribution < 1.29 is 17.7 Å². The van der Waals surface area contributed by atoms with Gasteiger partial charge in [0.15, 0.2) is 0 Å². The average molecular weight is 325 g/mol. The Labute approximate surface area is 127 Å². The van der Waals surface area contributed by atoms with Crippen LogP contribution in [-0.2, 0) is 10.0 Å². The number of nitrogens with one attached hydrogen (secondary N) is 1. The maximum Gasteiger partial charge on any atom is 0.493 e. The number of hydrogen-bond acceptors (Lipinski definition) is 5. The first kappa shape index (κ1) is 14.9. The van der Waals surface area contributed by atoms with Crippen molar-refractivity contribution >= 4 is 10.0 Å². The van der Waals surface area contributed by atoms with Crippen molar-refractivity contribution in [1.82, 2.24) is 14.7 Å². The fourth-order valence-corrected chi connectivity index (χ4v) is 4.19. The highest BCUT2D eigenvalue weighted by Gasteiger charge is 2.29. The van der Waals surface area contributed by atoms with Gasteiger partial charge >= 0.3 is 5.76 Å². The minimum atomic E-state index is -3.48. The normalized spacial score (nSPS) is 20.1. The molecule has 0 radical (unpaired) electrons. The van der Waals surface area contributed by atoms with Crippen LogP contribution in [0.1, 0.15) is 19.8 Å². The molecule has 1 unspecified atom stereocenters. The van der Waals surface area contributed by atoms with Crippen LogP contribution in [0.2, 0.25) is 0 Å². The molecule has 8 nitrogen and oxygen atoms in total. The molecule has 2 aromatic rings. The smallest absolute Gasteiger partial charge is 0.239 e. The van der Waals surface area contributed by atoms with E-state index < -0.39 is 15.8 Å². The topological polar surface area (TPSA) is 100 Å². The second-order valence-electron chi connectivity index (χ2n) is 5.49. The number of benzene rings is 1. The van der Waals surface area contributed by atoms with E-state index in [4.69, 9.17) is 0 Å². The molecule has 0 amide bonds. The first-order valence-electron chi connectivity index (χ1n) is 7.06. The third-order valence-electron chi connectivity index (χ3n) is 3.74. The minimum Gasteiger partial charge on any atom is -0.239 e. The highest BCUT2D eigenvalue weighted by atomic mass is 32.2. The van der Waals surface area contributed by atoms with E-state index in [-0.39, 0.29) is 4.90 Å². The Hall–Kier alpha value is -2.00. The van der Waals surface area contributed by atoms with Crippen LogP contribution in [0, 0.1) is 5.92 Å². The summed E-state index contributed by atoms with van der Waals surface area (Å²) < 4.78 is 31.2. The SMILES string of the molecule is CC1CCCN(S(=O)(=O)c2ccc(-[n+]3noc(=O)[nH]3)cc2)C1. The van der Waals surface area contributed by atoms with Crippen LogP contribution in [0.15, 0.2) is 38.5 Å². The predicted molar refractivity (Wildman–Crippen MR) is 75.8 cm³/mol. The van der Waals surface area contributed by atoms with Gasteiger partial charge in [0.25, 0.3) is 5.69 Å². The summed E-state index contributed by atoms with van der Waals surface area (Å²) in [6.45, 7) is 3.16. The van der Waals surface area contributed by atoms with E-state index in [1.807, 2.05) is 0 Å². The first-order valence-corrected chi connectivity index (χ1v) is 8.50. The lowest BCUT2D eigenvalue weighted by atomic mass is 10.0. The van der Waals surface area contributed by atoms with E-state index in [1.165, 1.54) is 16.4 Å². The number of nitrogens with zero attached hydrogens (tertiary/aromatic N) is 3. The lowest BCUT2D eigenvalue weighted by Gasteiger charge is -2.29. The van der Waals surface area contributed by atoms with Gasteiger partial charge in [-0.2, -0.15) is 4.31 Å². The van der Waals surface area contributed by atoms with Gasteiger partial charge < -0.3 is 0 Å². The summed E-state index contributed by atoms with van der Waals surface area (Å²) in [5, 5.41) is 5.83. The molecule has 1 aliphatic rings. The molecular formula is C13H17N4O4S+. The summed E-state index contributed by atoms with van der Waals surface area (Å²) in [5.74, 6) is -0.308. The second kappa shape index (κ2) is 5.65. The summed E-state index contributed by atoms with van der Waals surface area (Å²) in [6.07, 6.45) is 1.94. The van der Waals surface area contributed by atoms with Crippen molar-refractivity contribution in [2.24, 2.45) is 5.92 Å². The molecule has 2 heterocycles. The lowest BCUT2D eigenvalue weighted by molar-refractivity contribution is -0.725. The zero-order valence-electron chi connectivity index (χ0n) is 12.1. The zero-order valence-corrected chi connectivity index (χ0v) is 12.9. The van der Waals surface area contributed by atoms with Crippen molar-refractivity contribution in [2.75, 3.05) is 13.1 Å². The molecule has 0 saturated carbocycles. The largest absolute Gasteiger partial charge is 0.493 e. The number of sulfonamides is 1. The third-order valence-corrected chi connectivity index (χ3v) is 5.62. The van der Waals surface area contributed by atoms with Gasteiger partial charge in [0, 0.05) is 25.2 Å². The Bertz CT molecular complexity index is 809. The Balaban J connectivity index is 1.87. The Morgan fingerprint density at radius 3 is 2.68 bits per heavy atom. The molecule has 0 spiro atoms. The van der Waals surface area contributed by atoms with Gasteiger partial charge in [-0.05, 0) is 30.9 Å². The van der Waals surface area contributed by atoms with Crippen molar-refractivity contribution in [3.05, 3.63) is 34.8 Å². The van der Waals surface area contributed by atoms with Gasteiger partial charge in [0.2, 0.25) is 15.3 Å². The van der Waals surface area contributed by atoms with Crippen LogP contribution in [0.3, 0.4) is 0 Å². The standard InChI is InChI=1S/C13H16N4O4S/c1-10-3-2-8-16(9-10)22(19,20)12-6-4-11(5-7-12)17-14-13(18)21-15-17/h4-7,10H,2-3,8-9H2,1H3/p+1. The molecule has 1 atom stereocenters. The second-order valence-corrected chi connectivity index (χ2v) is 7.43. The Kier molecular flexibility index (Phi) is 3.83. The molecule has 1 aromatic carbocycles. The van der Waals surface area contributed by atoms with E-state index in [0.717, 1.165) is 17.6 Å². The van der Waals surface area contributed by atoms with Crippen molar-refractivity contribution in [3.8, 4) is 5.69 Å². The minimum absolute atomic E-state index is 0.233. The molecule has 3 rings (SSSR count). The van der Waals surface area contributed by atoms with Gasteiger partial charge in [0.05, 0.1) is 9.69 Å². The molecule has 1 fully saturated rings. The summed E-state index contributed by atoms with van der Waals surface area (Å²) >= 11 is 0. The van der Waals surface area contributed by atoms with Crippen LogP contribution in [0.5, 0.6) is 0 Å². The summed E-state index contributed by atoms with van der Waals surface area (Å²) in [7, 11) is -3.48. The monoisotopic (exact) mass is 325 g/mol. The molecular weight excluding hydrogens is 308 g/mol. The predicted octanol–water partition coefficient (Wildman–Crippen LogP) is 0.0602. The highest BCUT2D eigenvalue weighted by molar-refractivity contribution is 7.89. The van der Waals surface area contributed by atoms with E-state index in [9.17, 15) is 13.2 Å². The molecule has 1 aliphatic heterocycles. The average Bonchev–Trinajstić information content (AvgIpc) is 2.94. The fourth-order valence-electron chi connectivity index (χ4n) is 2.59. The molecule has 9 heteroatoms. The molecule has 1 aromatic heterocycles. The van der Waals surface area contributed by atoms with Crippen molar-refractivity contribution in [2.45, 2.75) is 24.7 Å². The maximum atomic E-state index is 12.6. The fraction of sp³-hybridized carbons (Fsp3) is 0.462. The van der Waals surface area contributed by atoms with E-state index in [1.54, 1.807) is 12.1 Å². The molecule has 22 heavy (non-hydrogen) atoms. The van der Waals surface area contributed by atoms with Crippen molar-refractivity contribution in [1.29, 1.82) is 0 Å². The van der Waals surface area contributed by atoms with Gasteiger partial charge in [-0.3, -0.25) is 0 Å². The van der Waals surface area contributed by atoms with E-state index in [2.05, 4.69) is 21.8 Å². The van der Waals surface area contributed by atoms with Crippen LogP contribution >= 0.6 is 0 Å². The lowest BCUT2D eigenvalue weighted by Crippen LogP contribution is -2.39. The number of aromatic amines is 1. The molecule has 0 bridgehead atoms. The highest BCUT2D eigenvalue weighted by Crippen LogP contribution is 2.23. The van der Waals surface area contributed by atoms with Crippen LogP contribution in [0.4, 0.5) is 0 Å². The summed E-state index contributed by atoms with van der Waals surface area (Å²) in [4.78, 5) is 12.3. The molecule has 0 aliphatic carbocycles. The quantitative estimate of drug-likeness (QED) is 0.804. The van der Waals surface area contributed by atoms with Gasteiger partial charge in [-0.15, -0.1) is 0 Å².